The average Bonchev–Trinajstić information content (AvgIpc) is 2.40. The van der Waals surface area contributed by atoms with E-state index in [1.165, 1.54) is 0 Å². The lowest BCUT2D eigenvalue weighted by atomic mass is 10.2. The highest BCUT2D eigenvalue weighted by Gasteiger charge is 2.22. The maximum atomic E-state index is 12.1. The van der Waals surface area contributed by atoms with Crippen LogP contribution in [-0.4, -0.2) is 32.8 Å². The number of hydrogen-bond donors (Lipinski definition) is 0. The SMILES string of the molecule is CCOP(=O)(C/N=C/c1ccc(OC)cc1)OCC. The Labute approximate surface area is 114 Å². The summed E-state index contributed by atoms with van der Waals surface area (Å²) in [6, 6.07) is 7.42. The fraction of sp³-hybridized carbons (Fsp3) is 0.462. The van der Waals surface area contributed by atoms with Crippen LogP contribution in [0.15, 0.2) is 29.3 Å². The zero-order valence-corrected chi connectivity index (χ0v) is 12.4. The monoisotopic (exact) mass is 285 g/mol. The molecule has 0 unspecified atom stereocenters. The molecular weight excluding hydrogens is 265 g/mol. The number of aliphatic imine (C=N–C) groups is 1. The molecule has 6 heteroatoms. The van der Waals surface area contributed by atoms with Crippen LogP contribution in [0.25, 0.3) is 0 Å². The van der Waals surface area contributed by atoms with Crippen molar-refractivity contribution >= 4 is 13.8 Å². The van der Waals surface area contributed by atoms with Gasteiger partial charge in [-0.05, 0) is 43.7 Å². The first kappa shape index (κ1) is 15.9. The molecule has 0 aliphatic heterocycles. The molecule has 0 radical (unpaired) electrons. The second kappa shape index (κ2) is 8.10. The Hall–Kier alpha value is -1.16. The van der Waals surface area contributed by atoms with E-state index in [-0.39, 0.29) is 6.29 Å². The van der Waals surface area contributed by atoms with Crippen molar-refractivity contribution in [2.75, 3.05) is 26.6 Å². The Morgan fingerprint density at radius 1 is 1.16 bits per heavy atom. The lowest BCUT2D eigenvalue weighted by molar-refractivity contribution is 0.221. The minimum atomic E-state index is -3.09. The number of benzene rings is 1. The Bertz CT molecular complexity index is 434. The van der Waals surface area contributed by atoms with Crippen LogP contribution in [0.4, 0.5) is 0 Å². The van der Waals surface area contributed by atoms with Gasteiger partial charge in [-0.1, -0.05) is 0 Å². The summed E-state index contributed by atoms with van der Waals surface area (Å²) in [5.74, 6) is 0.784. The normalized spacial score (nSPS) is 11.9. The van der Waals surface area contributed by atoms with Crippen LogP contribution in [0.3, 0.4) is 0 Å². The molecule has 1 aromatic rings. The molecule has 0 saturated heterocycles. The molecule has 0 aliphatic rings. The van der Waals surface area contributed by atoms with E-state index in [4.69, 9.17) is 13.8 Å². The summed E-state index contributed by atoms with van der Waals surface area (Å²) >= 11 is 0. The van der Waals surface area contributed by atoms with Gasteiger partial charge < -0.3 is 13.8 Å². The molecule has 106 valence electrons. The maximum absolute atomic E-state index is 12.1. The molecule has 0 saturated carbocycles. The number of nitrogens with zero attached hydrogens (tertiary/aromatic N) is 1. The maximum Gasteiger partial charge on any atom is 0.351 e. The molecule has 0 atom stereocenters. The second-order valence-corrected chi connectivity index (χ2v) is 5.69. The molecule has 0 fully saturated rings. The Morgan fingerprint density at radius 3 is 2.21 bits per heavy atom. The second-order valence-electron chi connectivity index (χ2n) is 3.67. The summed E-state index contributed by atoms with van der Waals surface area (Å²) in [7, 11) is -1.48. The lowest BCUT2D eigenvalue weighted by Crippen LogP contribution is -1.99. The van der Waals surface area contributed by atoms with E-state index in [2.05, 4.69) is 4.99 Å². The summed E-state index contributed by atoms with van der Waals surface area (Å²) in [6.07, 6.45) is 1.67. The van der Waals surface area contributed by atoms with Crippen molar-refractivity contribution in [1.82, 2.24) is 0 Å². The van der Waals surface area contributed by atoms with Crippen LogP contribution in [0.1, 0.15) is 19.4 Å². The van der Waals surface area contributed by atoms with Gasteiger partial charge in [0.05, 0.1) is 20.3 Å². The zero-order chi connectivity index (χ0) is 14.1. The van der Waals surface area contributed by atoms with Gasteiger partial charge in [-0.15, -0.1) is 0 Å². The molecule has 1 aromatic carbocycles. The van der Waals surface area contributed by atoms with Gasteiger partial charge in [0.1, 0.15) is 12.0 Å². The van der Waals surface area contributed by atoms with E-state index in [0.717, 1.165) is 11.3 Å². The number of methoxy groups -OCH3 is 1. The molecule has 1 rings (SSSR count). The van der Waals surface area contributed by atoms with E-state index in [9.17, 15) is 4.57 Å². The molecule has 0 N–H and O–H groups in total. The minimum Gasteiger partial charge on any atom is -0.497 e. The highest BCUT2D eigenvalue weighted by atomic mass is 31.2. The molecule has 0 heterocycles. The molecule has 0 aliphatic carbocycles. The highest BCUT2D eigenvalue weighted by molar-refractivity contribution is 7.53. The van der Waals surface area contributed by atoms with Crippen molar-refractivity contribution in [3.05, 3.63) is 29.8 Å². The van der Waals surface area contributed by atoms with E-state index in [1.807, 2.05) is 24.3 Å². The summed E-state index contributed by atoms with van der Waals surface area (Å²) in [5, 5.41) is 0. The van der Waals surface area contributed by atoms with Crippen molar-refractivity contribution in [1.29, 1.82) is 0 Å². The van der Waals surface area contributed by atoms with Crippen molar-refractivity contribution in [2.24, 2.45) is 4.99 Å². The predicted molar refractivity (Wildman–Crippen MR) is 76.3 cm³/mol. The van der Waals surface area contributed by atoms with Crippen LogP contribution in [0.5, 0.6) is 5.75 Å². The standard InChI is InChI=1S/C13H20NO4P/c1-4-17-19(15,18-5-2)11-14-10-12-6-8-13(16-3)9-7-12/h6-10H,4-5,11H2,1-3H3/b14-10+. The number of ether oxygens (including phenoxy) is 1. The molecule has 19 heavy (non-hydrogen) atoms. The Balaban J connectivity index is 2.62. The van der Waals surface area contributed by atoms with Gasteiger partial charge in [-0.25, -0.2) is 0 Å². The third-order valence-electron chi connectivity index (χ3n) is 2.26. The van der Waals surface area contributed by atoms with E-state index < -0.39 is 7.60 Å². The van der Waals surface area contributed by atoms with E-state index >= 15 is 0 Å². The largest absolute Gasteiger partial charge is 0.497 e. The van der Waals surface area contributed by atoms with Crippen molar-refractivity contribution in [2.45, 2.75) is 13.8 Å². The molecule has 5 nitrogen and oxygen atoms in total. The first-order valence-electron chi connectivity index (χ1n) is 6.15. The van der Waals surface area contributed by atoms with Gasteiger partial charge in [-0.3, -0.25) is 9.56 Å². The quantitative estimate of drug-likeness (QED) is 0.543. The average molecular weight is 285 g/mol. The molecule has 0 bridgehead atoms. The Kier molecular flexibility index (Phi) is 6.78. The van der Waals surface area contributed by atoms with Gasteiger partial charge in [0, 0.05) is 6.21 Å². The molecular formula is C13H20NO4P. The van der Waals surface area contributed by atoms with Gasteiger partial charge in [0.15, 0.2) is 0 Å². The van der Waals surface area contributed by atoms with Gasteiger partial charge in [0.2, 0.25) is 0 Å². The first-order valence-corrected chi connectivity index (χ1v) is 7.88. The zero-order valence-electron chi connectivity index (χ0n) is 11.5. The smallest absolute Gasteiger partial charge is 0.351 e. The van der Waals surface area contributed by atoms with Crippen LogP contribution in [-0.2, 0) is 13.6 Å². The third kappa shape index (κ3) is 5.55. The third-order valence-corrected chi connectivity index (χ3v) is 4.08. The number of hydrogen-bond acceptors (Lipinski definition) is 5. The molecule has 0 spiro atoms. The summed E-state index contributed by atoms with van der Waals surface area (Å²) in [5.41, 5.74) is 0.903. The van der Waals surface area contributed by atoms with Crippen molar-refractivity contribution < 1.29 is 18.3 Å². The fourth-order valence-electron chi connectivity index (χ4n) is 1.45. The van der Waals surface area contributed by atoms with Gasteiger partial charge in [0.25, 0.3) is 0 Å². The topological polar surface area (TPSA) is 57.1 Å². The predicted octanol–water partition coefficient (Wildman–Crippen LogP) is 3.34. The lowest BCUT2D eigenvalue weighted by Gasteiger charge is -2.14. The fourth-order valence-corrected chi connectivity index (χ4v) is 2.75. The minimum absolute atomic E-state index is 0.0285. The highest BCUT2D eigenvalue weighted by Crippen LogP contribution is 2.47. The van der Waals surface area contributed by atoms with Crippen molar-refractivity contribution in [3.8, 4) is 5.75 Å². The Morgan fingerprint density at radius 2 is 1.74 bits per heavy atom. The van der Waals surface area contributed by atoms with E-state index in [1.54, 1.807) is 27.2 Å². The summed E-state index contributed by atoms with van der Waals surface area (Å²) < 4.78 is 27.5. The van der Waals surface area contributed by atoms with E-state index in [0.29, 0.717) is 13.2 Å². The van der Waals surface area contributed by atoms with Crippen LogP contribution >= 0.6 is 7.60 Å². The first-order chi connectivity index (χ1) is 9.13. The number of rotatable bonds is 8. The van der Waals surface area contributed by atoms with Crippen LogP contribution in [0, 0.1) is 0 Å². The van der Waals surface area contributed by atoms with Crippen LogP contribution in [0.2, 0.25) is 0 Å². The van der Waals surface area contributed by atoms with Crippen molar-refractivity contribution in [3.63, 3.8) is 0 Å². The molecule has 0 amide bonds. The summed E-state index contributed by atoms with van der Waals surface area (Å²) in [6.45, 7) is 4.24. The van der Waals surface area contributed by atoms with Gasteiger partial charge in [-0.2, -0.15) is 0 Å². The summed E-state index contributed by atoms with van der Waals surface area (Å²) in [4.78, 5) is 4.13. The van der Waals surface area contributed by atoms with Crippen LogP contribution < -0.4 is 4.74 Å². The van der Waals surface area contributed by atoms with Gasteiger partial charge >= 0.3 is 7.60 Å². The molecule has 0 aromatic heterocycles.